The molecule has 0 spiro atoms. The fraction of sp³-hybridized carbons (Fsp3) is 0.267. The number of rotatable bonds is 3. The smallest absolute Gasteiger partial charge is 0.345 e. The molecule has 0 aliphatic carbocycles. The summed E-state index contributed by atoms with van der Waals surface area (Å²) in [5, 5.41) is 14.7. The maximum atomic E-state index is 11.2. The predicted molar refractivity (Wildman–Crippen MR) is 82.5 cm³/mol. The molecular formula is C15H15N3O2S. The first-order chi connectivity index (χ1) is 9.97. The van der Waals surface area contributed by atoms with Crippen LogP contribution in [0.25, 0.3) is 16.0 Å². The second-order valence-corrected chi connectivity index (χ2v) is 6.31. The summed E-state index contributed by atoms with van der Waals surface area (Å²) in [7, 11) is 0. The molecule has 3 rings (SSSR count). The first-order valence-electron chi connectivity index (χ1n) is 6.66. The molecule has 5 nitrogen and oxygen atoms in total. The number of carboxylic acid groups (broad SMARTS) is 1. The van der Waals surface area contributed by atoms with Gasteiger partial charge in [-0.05, 0) is 36.6 Å². The molecule has 108 valence electrons. The van der Waals surface area contributed by atoms with Crippen LogP contribution < -0.4 is 0 Å². The third-order valence-electron chi connectivity index (χ3n) is 3.26. The Labute approximate surface area is 125 Å². The van der Waals surface area contributed by atoms with Gasteiger partial charge in [-0.3, -0.25) is 0 Å². The zero-order valence-electron chi connectivity index (χ0n) is 12.0. The van der Waals surface area contributed by atoms with Gasteiger partial charge >= 0.3 is 5.97 Å². The predicted octanol–water partition coefficient (Wildman–Crippen LogP) is 3.61. The summed E-state index contributed by atoms with van der Waals surface area (Å²) < 4.78 is 1.74. The van der Waals surface area contributed by atoms with Crippen molar-refractivity contribution in [3.8, 4) is 5.82 Å². The average molecular weight is 301 g/mol. The summed E-state index contributed by atoms with van der Waals surface area (Å²) >= 11 is 1.23. The van der Waals surface area contributed by atoms with Gasteiger partial charge < -0.3 is 5.11 Å². The minimum Gasteiger partial charge on any atom is -0.477 e. The van der Waals surface area contributed by atoms with E-state index in [1.165, 1.54) is 11.3 Å². The number of nitrogens with zero attached hydrogens (tertiary/aromatic N) is 3. The summed E-state index contributed by atoms with van der Waals surface area (Å²) in [5.41, 5.74) is 1.99. The maximum Gasteiger partial charge on any atom is 0.345 e. The van der Waals surface area contributed by atoms with Crippen LogP contribution in [0.1, 0.15) is 40.7 Å². The third-order valence-corrected chi connectivity index (χ3v) is 4.36. The molecular weight excluding hydrogens is 286 g/mol. The number of aromatic carboxylic acids is 1. The van der Waals surface area contributed by atoms with Crippen LogP contribution in [-0.2, 0) is 0 Å². The van der Waals surface area contributed by atoms with Crippen molar-refractivity contribution in [1.29, 1.82) is 0 Å². The summed E-state index contributed by atoms with van der Waals surface area (Å²) in [5.74, 6) is 0.0233. The van der Waals surface area contributed by atoms with E-state index in [4.69, 9.17) is 0 Å². The van der Waals surface area contributed by atoms with Crippen molar-refractivity contribution < 1.29 is 9.90 Å². The molecule has 3 aromatic rings. The van der Waals surface area contributed by atoms with E-state index in [0.29, 0.717) is 10.7 Å². The molecule has 0 fully saturated rings. The van der Waals surface area contributed by atoms with E-state index in [9.17, 15) is 9.90 Å². The van der Waals surface area contributed by atoms with Gasteiger partial charge in [0.1, 0.15) is 9.71 Å². The number of thiophene rings is 1. The Morgan fingerprint density at radius 3 is 2.76 bits per heavy atom. The van der Waals surface area contributed by atoms with Gasteiger partial charge in [-0.25, -0.2) is 14.5 Å². The second-order valence-electron chi connectivity index (χ2n) is 5.28. The SMILES string of the molecule is Cc1ccnc(-n2nc(C(C)C)c3cc(C(=O)O)sc32)c1. The van der Waals surface area contributed by atoms with Crippen molar-refractivity contribution >= 4 is 27.5 Å². The molecule has 1 N–H and O–H groups in total. The summed E-state index contributed by atoms with van der Waals surface area (Å²) in [4.78, 5) is 16.7. The van der Waals surface area contributed by atoms with Crippen LogP contribution in [0.5, 0.6) is 0 Å². The monoisotopic (exact) mass is 301 g/mol. The highest BCUT2D eigenvalue weighted by atomic mass is 32.1. The highest BCUT2D eigenvalue weighted by Gasteiger charge is 2.20. The number of fused-ring (bicyclic) bond motifs is 1. The van der Waals surface area contributed by atoms with E-state index >= 15 is 0 Å². The van der Waals surface area contributed by atoms with Crippen LogP contribution in [0, 0.1) is 6.92 Å². The maximum absolute atomic E-state index is 11.2. The van der Waals surface area contributed by atoms with Crippen LogP contribution in [-0.4, -0.2) is 25.8 Å². The molecule has 0 bridgehead atoms. The molecule has 21 heavy (non-hydrogen) atoms. The molecule has 0 saturated heterocycles. The molecule has 0 aromatic carbocycles. The van der Waals surface area contributed by atoms with Gasteiger partial charge in [0, 0.05) is 11.6 Å². The van der Waals surface area contributed by atoms with Crippen molar-refractivity contribution in [2.45, 2.75) is 26.7 Å². The lowest BCUT2D eigenvalue weighted by molar-refractivity contribution is 0.0702. The van der Waals surface area contributed by atoms with E-state index in [1.807, 2.05) is 32.9 Å². The van der Waals surface area contributed by atoms with Gasteiger partial charge in [0.2, 0.25) is 0 Å². The molecule has 3 heterocycles. The van der Waals surface area contributed by atoms with Crippen LogP contribution in [0.3, 0.4) is 0 Å². The first-order valence-corrected chi connectivity index (χ1v) is 7.48. The van der Waals surface area contributed by atoms with Crippen LogP contribution in [0.4, 0.5) is 0 Å². The Morgan fingerprint density at radius 1 is 1.38 bits per heavy atom. The molecule has 0 amide bonds. The number of aromatic nitrogens is 3. The number of hydrogen-bond acceptors (Lipinski definition) is 4. The summed E-state index contributed by atoms with van der Waals surface area (Å²) in [6.07, 6.45) is 1.74. The molecule has 3 aromatic heterocycles. The topological polar surface area (TPSA) is 68.0 Å². The van der Waals surface area contributed by atoms with E-state index in [0.717, 1.165) is 21.5 Å². The fourth-order valence-corrected chi connectivity index (χ4v) is 3.22. The molecule has 0 aliphatic heterocycles. The Balaban J connectivity index is 2.29. The average Bonchev–Trinajstić information content (AvgIpc) is 2.96. The van der Waals surface area contributed by atoms with E-state index in [2.05, 4.69) is 10.1 Å². The van der Waals surface area contributed by atoms with Crippen molar-refractivity contribution in [3.63, 3.8) is 0 Å². The zero-order valence-corrected chi connectivity index (χ0v) is 12.8. The van der Waals surface area contributed by atoms with Gasteiger partial charge in [0.15, 0.2) is 5.82 Å². The summed E-state index contributed by atoms with van der Waals surface area (Å²) in [6.45, 7) is 6.09. The first kappa shape index (κ1) is 13.8. The van der Waals surface area contributed by atoms with Crippen molar-refractivity contribution in [2.24, 2.45) is 0 Å². The van der Waals surface area contributed by atoms with Crippen molar-refractivity contribution in [3.05, 3.63) is 40.5 Å². The second kappa shape index (κ2) is 4.96. The third kappa shape index (κ3) is 2.31. The lowest BCUT2D eigenvalue weighted by atomic mass is 10.1. The minimum atomic E-state index is -0.908. The van der Waals surface area contributed by atoms with Gasteiger partial charge in [0.25, 0.3) is 0 Å². The number of pyridine rings is 1. The number of hydrogen-bond donors (Lipinski definition) is 1. The Kier molecular flexibility index (Phi) is 3.25. The number of carboxylic acids is 1. The molecule has 0 radical (unpaired) electrons. The standard InChI is InChI=1S/C15H15N3O2S/c1-8(2)13-10-7-11(15(19)20)21-14(10)18(17-13)12-6-9(3)4-5-16-12/h4-8H,1-3H3,(H,19,20). The lowest BCUT2D eigenvalue weighted by Gasteiger charge is -2.03. The van der Waals surface area contributed by atoms with Crippen LogP contribution >= 0.6 is 11.3 Å². The molecule has 0 saturated carbocycles. The van der Waals surface area contributed by atoms with Gasteiger partial charge in [0.05, 0.1) is 5.69 Å². The van der Waals surface area contributed by atoms with Gasteiger partial charge in [-0.15, -0.1) is 11.3 Å². The van der Waals surface area contributed by atoms with E-state index in [-0.39, 0.29) is 5.92 Å². The van der Waals surface area contributed by atoms with Crippen LogP contribution in [0.2, 0.25) is 0 Å². The largest absolute Gasteiger partial charge is 0.477 e. The zero-order chi connectivity index (χ0) is 15.1. The lowest BCUT2D eigenvalue weighted by Crippen LogP contribution is -2.01. The highest BCUT2D eigenvalue weighted by Crippen LogP contribution is 2.33. The van der Waals surface area contributed by atoms with E-state index < -0.39 is 5.97 Å². The van der Waals surface area contributed by atoms with Crippen LogP contribution in [0.15, 0.2) is 24.4 Å². The normalized spacial score (nSPS) is 11.4. The van der Waals surface area contributed by atoms with E-state index in [1.54, 1.807) is 16.9 Å². The quantitative estimate of drug-likeness (QED) is 0.802. The van der Waals surface area contributed by atoms with Gasteiger partial charge in [-0.1, -0.05) is 13.8 Å². The summed E-state index contributed by atoms with van der Waals surface area (Å²) in [6, 6.07) is 5.57. The molecule has 6 heteroatoms. The fourth-order valence-electron chi connectivity index (χ4n) is 2.25. The number of aryl methyl sites for hydroxylation is 1. The van der Waals surface area contributed by atoms with Crippen molar-refractivity contribution in [1.82, 2.24) is 14.8 Å². The highest BCUT2D eigenvalue weighted by molar-refractivity contribution is 7.20. The Bertz CT molecular complexity index is 833. The molecule has 0 atom stereocenters. The van der Waals surface area contributed by atoms with Gasteiger partial charge in [-0.2, -0.15) is 5.10 Å². The Hall–Kier alpha value is -2.21. The Morgan fingerprint density at radius 2 is 2.14 bits per heavy atom. The number of carbonyl (C=O) groups is 1. The van der Waals surface area contributed by atoms with Crippen molar-refractivity contribution in [2.75, 3.05) is 0 Å². The molecule has 0 unspecified atom stereocenters. The minimum absolute atomic E-state index is 0.217. The molecule has 0 aliphatic rings.